The third kappa shape index (κ3) is 6.25. The molecule has 0 radical (unpaired) electrons. The van der Waals surface area contributed by atoms with E-state index in [0.717, 1.165) is 25.9 Å². The van der Waals surface area contributed by atoms with Gasteiger partial charge >= 0.3 is 0 Å². The molecule has 0 saturated carbocycles. The number of aromatic nitrogens is 2. The number of ether oxygens (including phenoxy) is 1. The van der Waals surface area contributed by atoms with Gasteiger partial charge in [-0.25, -0.2) is 9.97 Å². The predicted molar refractivity (Wildman–Crippen MR) is 103 cm³/mol. The number of nitrogens with zero attached hydrogens (tertiary/aromatic N) is 2. The fourth-order valence-electron chi connectivity index (χ4n) is 2.13. The molecule has 0 aliphatic carbocycles. The number of amides is 1. The fourth-order valence-corrected chi connectivity index (χ4v) is 2.41. The van der Waals surface area contributed by atoms with Crippen molar-refractivity contribution in [1.29, 1.82) is 0 Å². The van der Waals surface area contributed by atoms with Gasteiger partial charge in [0.25, 0.3) is 5.91 Å². The van der Waals surface area contributed by atoms with Crippen molar-refractivity contribution in [3.05, 3.63) is 40.8 Å². The summed E-state index contributed by atoms with van der Waals surface area (Å²) >= 11 is 3.18. The molecule has 0 spiro atoms. The number of para-hydroxylation sites is 2. The van der Waals surface area contributed by atoms with Crippen molar-refractivity contribution in [3.8, 4) is 5.75 Å². The largest absolute Gasteiger partial charge is 0.491 e. The summed E-state index contributed by atoms with van der Waals surface area (Å²) in [5.74, 6) is 0.161. The number of carbonyl (C=O) groups is 1. The minimum absolute atomic E-state index is 0.0438. The number of anilines is 2. The Bertz CT molecular complexity index is 729. The van der Waals surface area contributed by atoms with E-state index in [2.05, 4.69) is 36.5 Å². The van der Waals surface area contributed by atoms with Crippen LogP contribution in [0.3, 0.4) is 0 Å². The van der Waals surface area contributed by atoms with Crippen LogP contribution in [0.25, 0.3) is 0 Å². The highest BCUT2D eigenvalue weighted by atomic mass is 79.9. The maximum absolute atomic E-state index is 12.4. The molecule has 1 aromatic heterocycles. The first kappa shape index (κ1) is 20.1. The van der Waals surface area contributed by atoms with Crippen LogP contribution in [0.5, 0.6) is 5.75 Å². The van der Waals surface area contributed by atoms with Crippen LogP contribution >= 0.6 is 15.9 Å². The van der Waals surface area contributed by atoms with Gasteiger partial charge in [0, 0.05) is 6.61 Å². The summed E-state index contributed by atoms with van der Waals surface area (Å²) in [5, 5.41) is 14.7. The number of aliphatic hydroxyl groups excluding tert-OH is 1. The number of nitrogen functional groups attached to an aromatic ring is 1. The van der Waals surface area contributed by atoms with Gasteiger partial charge in [-0.1, -0.05) is 12.1 Å². The number of hydrogen-bond acceptors (Lipinski definition) is 7. The first-order chi connectivity index (χ1) is 12.6. The van der Waals surface area contributed by atoms with Crippen molar-refractivity contribution in [1.82, 2.24) is 15.3 Å². The summed E-state index contributed by atoms with van der Waals surface area (Å²) < 4.78 is 6.18. The second kappa shape index (κ2) is 10.7. The van der Waals surface area contributed by atoms with Crippen LogP contribution in [0.1, 0.15) is 23.3 Å². The minimum atomic E-state index is -0.460. The normalized spacial score (nSPS) is 10.5. The summed E-state index contributed by atoms with van der Waals surface area (Å²) in [6.07, 6.45) is 2.97. The van der Waals surface area contributed by atoms with Gasteiger partial charge in [0.05, 0.1) is 18.5 Å². The van der Waals surface area contributed by atoms with Crippen molar-refractivity contribution in [2.24, 2.45) is 0 Å². The van der Waals surface area contributed by atoms with Crippen LogP contribution < -0.4 is 21.1 Å². The molecular formula is C17H22BrN5O3. The van der Waals surface area contributed by atoms with Gasteiger partial charge in [-0.3, -0.25) is 4.79 Å². The van der Waals surface area contributed by atoms with Crippen LogP contribution in [0.4, 0.5) is 11.5 Å². The minimum Gasteiger partial charge on any atom is -0.491 e. The Kier molecular flexibility index (Phi) is 8.26. The number of hydrogen-bond donors (Lipinski definition) is 4. The fraction of sp³-hybridized carbons (Fsp3) is 0.353. The quantitative estimate of drug-likeness (QED) is 0.429. The first-order valence-electron chi connectivity index (χ1n) is 8.24. The lowest BCUT2D eigenvalue weighted by Crippen LogP contribution is -2.20. The van der Waals surface area contributed by atoms with Gasteiger partial charge in [0.1, 0.15) is 10.4 Å². The van der Waals surface area contributed by atoms with Gasteiger partial charge in [0.15, 0.2) is 11.5 Å². The monoisotopic (exact) mass is 423 g/mol. The van der Waals surface area contributed by atoms with E-state index in [1.54, 1.807) is 18.2 Å². The number of nitrogens with two attached hydrogens (primary N) is 1. The number of nitrogens with one attached hydrogen (secondary N) is 2. The zero-order chi connectivity index (χ0) is 18.8. The summed E-state index contributed by atoms with van der Waals surface area (Å²) in [7, 11) is 0. The molecule has 5 N–H and O–H groups in total. The topological polar surface area (TPSA) is 122 Å². The molecule has 26 heavy (non-hydrogen) atoms. The van der Waals surface area contributed by atoms with Crippen LogP contribution in [-0.2, 0) is 0 Å². The maximum atomic E-state index is 12.4. The number of carbonyl (C=O) groups excluding carboxylic acids is 1. The zero-order valence-electron chi connectivity index (χ0n) is 14.2. The van der Waals surface area contributed by atoms with E-state index >= 15 is 0 Å². The van der Waals surface area contributed by atoms with Crippen molar-refractivity contribution in [2.45, 2.75) is 12.8 Å². The van der Waals surface area contributed by atoms with Gasteiger partial charge in [0.2, 0.25) is 0 Å². The summed E-state index contributed by atoms with van der Waals surface area (Å²) in [6.45, 7) is 2.25. The number of halogens is 1. The molecule has 0 aliphatic heterocycles. The average molecular weight is 424 g/mol. The highest BCUT2D eigenvalue weighted by Gasteiger charge is 2.15. The molecule has 140 valence electrons. The Labute approximate surface area is 160 Å². The van der Waals surface area contributed by atoms with Gasteiger partial charge in [-0.05, 0) is 54.0 Å². The van der Waals surface area contributed by atoms with Crippen molar-refractivity contribution in [2.75, 3.05) is 37.4 Å². The smallest absolute Gasteiger partial charge is 0.278 e. The second-order valence-corrected chi connectivity index (χ2v) is 6.22. The standard InChI is InChI=1S/C17H22BrN5O3/c18-14-11-21-16(19)15(23-14)17(25)22-12-5-1-2-6-13(12)26-10-4-8-20-7-3-9-24/h1-2,5-6,11,20,24H,3-4,7-10H2,(H2,19,21)(H,22,25). The molecule has 0 unspecified atom stereocenters. The highest BCUT2D eigenvalue weighted by Crippen LogP contribution is 2.25. The Morgan fingerprint density at radius 3 is 2.85 bits per heavy atom. The van der Waals surface area contributed by atoms with Crippen molar-refractivity contribution < 1.29 is 14.6 Å². The summed E-state index contributed by atoms with van der Waals surface area (Å²) in [4.78, 5) is 20.4. The van der Waals surface area contributed by atoms with E-state index in [1.807, 2.05) is 6.07 Å². The molecule has 2 rings (SSSR count). The van der Waals surface area contributed by atoms with Crippen LogP contribution in [0, 0.1) is 0 Å². The Balaban J connectivity index is 1.92. The zero-order valence-corrected chi connectivity index (χ0v) is 15.8. The SMILES string of the molecule is Nc1ncc(Br)nc1C(=O)Nc1ccccc1OCCCNCCCO. The maximum Gasteiger partial charge on any atom is 0.278 e. The van der Waals surface area contributed by atoms with E-state index in [1.165, 1.54) is 6.20 Å². The van der Waals surface area contributed by atoms with Crippen molar-refractivity contribution >= 4 is 33.3 Å². The lowest BCUT2D eigenvalue weighted by molar-refractivity contribution is 0.102. The molecule has 0 aliphatic rings. The van der Waals surface area contributed by atoms with Crippen LogP contribution in [-0.4, -0.2) is 47.3 Å². The molecule has 1 heterocycles. The van der Waals surface area contributed by atoms with E-state index in [-0.39, 0.29) is 18.1 Å². The van der Waals surface area contributed by atoms with Gasteiger partial charge in [-0.15, -0.1) is 0 Å². The van der Waals surface area contributed by atoms with Crippen molar-refractivity contribution in [3.63, 3.8) is 0 Å². The third-order valence-electron chi connectivity index (χ3n) is 3.39. The van der Waals surface area contributed by atoms with Gasteiger partial charge < -0.3 is 26.2 Å². The molecule has 1 aromatic carbocycles. The molecule has 0 fully saturated rings. The first-order valence-corrected chi connectivity index (χ1v) is 9.04. The summed E-state index contributed by atoms with van der Waals surface area (Å²) in [6, 6.07) is 7.16. The molecule has 0 saturated heterocycles. The molecular weight excluding hydrogens is 402 g/mol. The lowest BCUT2D eigenvalue weighted by atomic mass is 10.2. The molecule has 8 nitrogen and oxygen atoms in total. The lowest BCUT2D eigenvalue weighted by Gasteiger charge is -2.13. The molecule has 0 bridgehead atoms. The van der Waals surface area contributed by atoms with Crippen LogP contribution in [0.15, 0.2) is 35.1 Å². The highest BCUT2D eigenvalue weighted by molar-refractivity contribution is 9.10. The number of rotatable bonds is 10. The van der Waals surface area contributed by atoms with Crippen LogP contribution in [0.2, 0.25) is 0 Å². The number of aliphatic hydroxyl groups is 1. The Hall–Kier alpha value is -2.23. The molecule has 1 amide bonds. The van der Waals surface area contributed by atoms with E-state index in [9.17, 15) is 4.79 Å². The predicted octanol–water partition coefficient (Wildman–Crippen LogP) is 1.81. The molecule has 0 atom stereocenters. The molecule has 2 aromatic rings. The second-order valence-electron chi connectivity index (χ2n) is 5.41. The Morgan fingerprint density at radius 2 is 2.04 bits per heavy atom. The summed E-state index contributed by atoms with van der Waals surface area (Å²) in [5.41, 5.74) is 6.30. The van der Waals surface area contributed by atoms with E-state index in [4.69, 9.17) is 15.6 Å². The Morgan fingerprint density at radius 1 is 1.27 bits per heavy atom. The molecule has 9 heteroatoms. The van der Waals surface area contributed by atoms with E-state index < -0.39 is 5.91 Å². The third-order valence-corrected chi connectivity index (χ3v) is 3.77. The van der Waals surface area contributed by atoms with E-state index in [0.29, 0.717) is 22.6 Å². The average Bonchev–Trinajstić information content (AvgIpc) is 2.64. The van der Waals surface area contributed by atoms with Gasteiger partial charge in [-0.2, -0.15) is 0 Å². The number of benzene rings is 1.